The summed E-state index contributed by atoms with van der Waals surface area (Å²) in [6, 6.07) is 10.6. The van der Waals surface area contributed by atoms with Gasteiger partial charge >= 0.3 is 0 Å². The number of aromatic nitrogens is 1. The Labute approximate surface area is 117 Å². The highest BCUT2D eigenvalue weighted by Gasteiger charge is 2.07. The predicted molar refractivity (Wildman–Crippen MR) is 77.7 cm³/mol. The number of carbonyl (C=O) groups is 1. The highest BCUT2D eigenvalue weighted by molar-refractivity contribution is 6.02. The Morgan fingerprint density at radius 2 is 2.00 bits per heavy atom. The Balaban J connectivity index is 2.02. The van der Waals surface area contributed by atoms with Crippen molar-refractivity contribution in [2.24, 2.45) is 5.73 Å². The molecule has 2 rings (SSSR count). The predicted octanol–water partition coefficient (Wildman–Crippen LogP) is 2.19. The zero-order valence-corrected chi connectivity index (χ0v) is 11.3. The van der Waals surface area contributed by atoms with Crippen LogP contribution in [0.1, 0.15) is 23.0 Å². The minimum absolute atomic E-state index is 0.252. The van der Waals surface area contributed by atoms with Gasteiger partial charge in [0.15, 0.2) is 0 Å². The van der Waals surface area contributed by atoms with E-state index in [2.05, 4.69) is 10.3 Å². The van der Waals surface area contributed by atoms with Crippen molar-refractivity contribution in [2.75, 3.05) is 11.9 Å². The third-order valence-electron chi connectivity index (χ3n) is 2.72. The molecule has 0 aliphatic carbocycles. The number of hydrogen-bond donors (Lipinski definition) is 2. The molecule has 0 radical (unpaired) electrons. The molecule has 1 heterocycles. The van der Waals surface area contributed by atoms with Crippen LogP contribution < -0.4 is 15.8 Å². The molecule has 5 nitrogen and oxygen atoms in total. The zero-order chi connectivity index (χ0) is 14.4. The molecule has 1 amide bonds. The van der Waals surface area contributed by atoms with Gasteiger partial charge < -0.3 is 15.8 Å². The van der Waals surface area contributed by atoms with Gasteiger partial charge in [0.1, 0.15) is 11.4 Å². The van der Waals surface area contributed by atoms with E-state index in [9.17, 15) is 4.79 Å². The van der Waals surface area contributed by atoms with Crippen molar-refractivity contribution >= 4 is 11.6 Å². The lowest BCUT2D eigenvalue weighted by atomic mass is 10.2. The topological polar surface area (TPSA) is 77.2 Å². The van der Waals surface area contributed by atoms with E-state index in [1.54, 1.807) is 30.5 Å². The van der Waals surface area contributed by atoms with Crippen LogP contribution in [0, 0.1) is 0 Å². The van der Waals surface area contributed by atoms with E-state index < -0.39 is 0 Å². The molecule has 1 aromatic carbocycles. The van der Waals surface area contributed by atoms with E-state index in [4.69, 9.17) is 10.5 Å². The third kappa shape index (κ3) is 3.55. The number of pyridine rings is 1. The molecule has 0 aliphatic rings. The summed E-state index contributed by atoms with van der Waals surface area (Å²) in [5.41, 5.74) is 7.43. The first-order chi connectivity index (χ1) is 9.72. The molecular weight excluding hydrogens is 254 g/mol. The van der Waals surface area contributed by atoms with Gasteiger partial charge in [0, 0.05) is 18.4 Å². The standard InChI is InChI=1S/C15H17N3O2/c1-2-20-13-6-4-12(5-7-13)18-15(19)14-8-3-11(9-16)10-17-14/h3-8,10H,2,9,16H2,1H3,(H,18,19). The van der Waals surface area contributed by atoms with Crippen LogP contribution in [-0.2, 0) is 6.54 Å². The fourth-order valence-corrected chi connectivity index (χ4v) is 1.68. The number of carbonyl (C=O) groups excluding carboxylic acids is 1. The number of nitrogens with two attached hydrogens (primary N) is 1. The van der Waals surface area contributed by atoms with Gasteiger partial charge in [-0.1, -0.05) is 6.07 Å². The van der Waals surface area contributed by atoms with Crippen LogP contribution in [0.3, 0.4) is 0 Å². The lowest BCUT2D eigenvalue weighted by molar-refractivity contribution is 0.102. The smallest absolute Gasteiger partial charge is 0.274 e. The Morgan fingerprint density at radius 3 is 2.55 bits per heavy atom. The van der Waals surface area contributed by atoms with Gasteiger partial charge in [-0.3, -0.25) is 9.78 Å². The van der Waals surface area contributed by atoms with Crippen LogP contribution in [0.25, 0.3) is 0 Å². The molecule has 0 atom stereocenters. The van der Waals surface area contributed by atoms with E-state index in [-0.39, 0.29) is 5.91 Å². The van der Waals surface area contributed by atoms with Crippen LogP contribution >= 0.6 is 0 Å². The van der Waals surface area contributed by atoms with Crippen molar-refractivity contribution in [3.63, 3.8) is 0 Å². The molecule has 2 aromatic rings. The van der Waals surface area contributed by atoms with Crippen molar-refractivity contribution < 1.29 is 9.53 Å². The summed E-state index contributed by atoms with van der Waals surface area (Å²) in [5.74, 6) is 0.522. The number of benzene rings is 1. The molecule has 0 saturated heterocycles. The quantitative estimate of drug-likeness (QED) is 0.874. The van der Waals surface area contributed by atoms with Crippen molar-refractivity contribution in [1.29, 1.82) is 0 Å². The molecule has 0 aliphatic heterocycles. The molecule has 5 heteroatoms. The van der Waals surface area contributed by atoms with Gasteiger partial charge in [0.05, 0.1) is 6.61 Å². The van der Waals surface area contributed by atoms with Crippen LogP contribution in [0.2, 0.25) is 0 Å². The lowest BCUT2D eigenvalue weighted by Crippen LogP contribution is -2.13. The first-order valence-electron chi connectivity index (χ1n) is 6.42. The van der Waals surface area contributed by atoms with Crippen molar-refractivity contribution in [2.45, 2.75) is 13.5 Å². The minimum Gasteiger partial charge on any atom is -0.494 e. The summed E-state index contributed by atoms with van der Waals surface area (Å²) in [7, 11) is 0. The summed E-state index contributed by atoms with van der Waals surface area (Å²) >= 11 is 0. The van der Waals surface area contributed by atoms with E-state index in [0.717, 1.165) is 11.3 Å². The summed E-state index contributed by atoms with van der Waals surface area (Å²) in [6.07, 6.45) is 1.60. The van der Waals surface area contributed by atoms with E-state index in [1.807, 2.05) is 19.1 Å². The average molecular weight is 271 g/mol. The van der Waals surface area contributed by atoms with Crippen LogP contribution in [0.5, 0.6) is 5.75 Å². The van der Waals surface area contributed by atoms with Gasteiger partial charge in [0.2, 0.25) is 0 Å². The Bertz CT molecular complexity index is 565. The Hall–Kier alpha value is -2.40. The second-order valence-corrected chi connectivity index (χ2v) is 4.17. The molecule has 0 saturated carbocycles. The number of hydrogen-bond acceptors (Lipinski definition) is 4. The normalized spacial score (nSPS) is 10.1. The van der Waals surface area contributed by atoms with Gasteiger partial charge in [-0.05, 0) is 42.8 Å². The van der Waals surface area contributed by atoms with Gasteiger partial charge in [-0.2, -0.15) is 0 Å². The van der Waals surface area contributed by atoms with E-state index in [1.165, 1.54) is 0 Å². The second-order valence-electron chi connectivity index (χ2n) is 4.17. The maximum Gasteiger partial charge on any atom is 0.274 e. The Kier molecular flexibility index (Phi) is 4.68. The number of rotatable bonds is 5. The monoisotopic (exact) mass is 271 g/mol. The summed E-state index contributed by atoms with van der Waals surface area (Å²) in [4.78, 5) is 16.1. The first-order valence-corrected chi connectivity index (χ1v) is 6.42. The van der Waals surface area contributed by atoms with Crippen molar-refractivity contribution in [3.8, 4) is 5.75 Å². The lowest BCUT2D eigenvalue weighted by Gasteiger charge is -2.07. The maximum absolute atomic E-state index is 12.0. The number of anilines is 1. The van der Waals surface area contributed by atoms with Crippen LogP contribution in [-0.4, -0.2) is 17.5 Å². The molecule has 3 N–H and O–H groups in total. The van der Waals surface area contributed by atoms with Gasteiger partial charge in [0.25, 0.3) is 5.91 Å². The second kappa shape index (κ2) is 6.68. The zero-order valence-electron chi connectivity index (χ0n) is 11.3. The first kappa shape index (κ1) is 14.0. The number of nitrogens with zero attached hydrogens (tertiary/aromatic N) is 1. The van der Waals surface area contributed by atoms with Crippen molar-refractivity contribution in [1.82, 2.24) is 4.98 Å². The largest absolute Gasteiger partial charge is 0.494 e. The number of nitrogens with one attached hydrogen (secondary N) is 1. The van der Waals surface area contributed by atoms with Gasteiger partial charge in [-0.25, -0.2) is 0 Å². The van der Waals surface area contributed by atoms with E-state index in [0.29, 0.717) is 24.5 Å². The molecule has 20 heavy (non-hydrogen) atoms. The van der Waals surface area contributed by atoms with Gasteiger partial charge in [-0.15, -0.1) is 0 Å². The highest BCUT2D eigenvalue weighted by Crippen LogP contribution is 2.16. The van der Waals surface area contributed by atoms with Crippen LogP contribution in [0.4, 0.5) is 5.69 Å². The summed E-state index contributed by atoms with van der Waals surface area (Å²) in [6.45, 7) is 2.95. The minimum atomic E-state index is -0.252. The molecule has 0 spiro atoms. The number of amides is 1. The number of ether oxygens (including phenoxy) is 1. The average Bonchev–Trinajstić information content (AvgIpc) is 2.49. The molecular formula is C15H17N3O2. The Morgan fingerprint density at radius 1 is 1.25 bits per heavy atom. The van der Waals surface area contributed by atoms with Crippen molar-refractivity contribution in [3.05, 3.63) is 53.9 Å². The molecule has 0 fully saturated rings. The highest BCUT2D eigenvalue weighted by atomic mass is 16.5. The molecule has 1 aromatic heterocycles. The van der Waals surface area contributed by atoms with E-state index >= 15 is 0 Å². The van der Waals surface area contributed by atoms with Crippen LogP contribution in [0.15, 0.2) is 42.6 Å². The fourth-order valence-electron chi connectivity index (χ4n) is 1.68. The SMILES string of the molecule is CCOc1ccc(NC(=O)c2ccc(CN)cn2)cc1. The fraction of sp³-hybridized carbons (Fsp3) is 0.200. The molecule has 104 valence electrons. The summed E-state index contributed by atoms with van der Waals surface area (Å²) in [5, 5.41) is 2.78. The maximum atomic E-state index is 12.0. The third-order valence-corrected chi connectivity index (χ3v) is 2.72. The molecule has 0 unspecified atom stereocenters. The molecule has 0 bridgehead atoms. The summed E-state index contributed by atoms with van der Waals surface area (Å²) < 4.78 is 5.34.